The first-order valence-corrected chi connectivity index (χ1v) is 8.57. The van der Waals surface area contributed by atoms with Crippen molar-refractivity contribution in [3.63, 3.8) is 0 Å². The summed E-state index contributed by atoms with van der Waals surface area (Å²) in [6.07, 6.45) is 0. The highest BCUT2D eigenvalue weighted by molar-refractivity contribution is 6.30. The predicted molar refractivity (Wildman–Crippen MR) is 98.4 cm³/mol. The van der Waals surface area contributed by atoms with Gasteiger partial charge in [-0.1, -0.05) is 41.4 Å². The first-order chi connectivity index (χ1) is 12.6. The van der Waals surface area contributed by atoms with Crippen molar-refractivity contribution in [2.24, 2.45) is 0 Å². The molecule has 0 saturated carbocycles. The molecule has 0 N–H and O–H groups in total. The SMILES string of the molecule is CCOC(=O)c1oc(-c2ccc(C)cc2)nc1OCc1ccc(Cl)cc1. The molecule has 3 aromatic rings. The zero-order valence-electron chi connectivity index (χ0n) is 14.5. The van der Waals surface area contributed by atoms with Crippen molar-refractivity contribution in [2.45, 2.75) is 20.5 Å². The standard InChI is InChI=1S/C20H18ClNO4/c1-3-24-20(23)17-19(25-12-14-6-10-16(21)11-7-14)22-18(26-17)15-8-4-13(2)5-9-15/h4-11H,3,12H2,1-2H3. The molecule has 0 unspecified atom stereocenters. The van der Waals surface area contributed by atoms with Crippen molar-refractivity contribution in [2.75, 3.05) is 6.61 Å². The molecule has 1 aromatic heterocycles. The van der Waals surface area contributed by atoms with Gasteiger partial charge in [-0.25, -0.2) is 4.79 Å². The second-order valence-corrected chi connectivity index (χ2v) is 6.09. The first-order valence-electron chi connectivity index (χ1n) is 8.19. The molecule has 0 radical (unpaired) electrons. The fraction of sp³-hybridized carbons (Fsp3) is 0.200. The lowest BCUT2D eigenvalue weighted by atomic mass is 10.1. The Bertz CT molecular complexity index is 885. The summed E-state index contributed by atoms with van der Waals surface area (Å²) >= 11 is 5.88. The van der Waals surface area contributed by atoms with Gasteiger partial charge in [0.25, 0.3) is 11.6 Å². The summed E-state index contributed by atoms with van der Waals surface area (Å²) < 4.78 is 16.4. The molecule has 0 atom stereocenters. The van der Waals surface area contributed by atoms with Crippen LogP contribution in [0.5, 0.6) is 5.88 Å². The highest BCUT2D eigenvalue weighted by Gasteiger charge is 2.24. The van der Waals surface area contributed by atoms with Crippen molar-refractivity contribution in [3.8, 4) is 17.3 Å². The van der Waals surface area contributed by atoms with E-state index in [0.29, 0.717) is 10.9 Å². The van der Waals surface area contributed by atoms with Gasteiger partial charge >= 0.3 is 5.97 Å². The molecule has 0 fully saturated rings. The van der Waals surface area contributed by atoms with Gasteiger partial charge in [0.1, 0.15) is 6.61 Å². The van der Waals surface area contributed by atoms with Crippen LogP contribution in [-0.4, -0.2) is 17.6 Å². The van der Waals surface area contributed by atoms with E-state index in [1.165, 1.54) is 0 Å². The van der Waals surface area contributed by atoms with Crippen LogP contribution in [0.25, 0.3) is 11.5 Å². The molecule has 0 saturated heterocycles. The smallest absolute Gasteiger partial charge is 0.380 e. The van der Waals surface area contributed by atoms with Gasteiger partial charge in [0.05, 0.1) is 6.61 Å². The van der Waals surface area contributed by atoms with E-state index < -0.39 is 5.97 Å². The van der Waals surface area contributed by atoms with E-state index in [9.17, 15) is 4.79 Å². The van der Waals surface area contributed by atoms with Crippen LogP contribution in [-0.2, 0) is 11.3 Å². The van der Waals surface area contributed by atoms with Gasteiger partial charge in [0.15, 0.2) is 0 Å². The highest BCUT2D eigenvalue weighted by atomic mass is 35.5. The predicted octanol–water partition coefficient (Wildman–Crippen LogP) is 5.06. The molecule has 5 nitrogen and oxygen atoms in total. The van der Waals surface area contributed by atoms with Gasteiger partial charge in [-0.3, -0.25) is 0 Å². The van der Waals surface area contributed by atoms with Crippen LogP contribution in [0.4, 0.5) is 0 Å². The summed E-state index contributed by atoms with van der Waals surface area (Å²) in [4.78, 5) is 16.5. The van der Waals surface area contributed by atoms with E-state index in [1.807, 2.05) is 43.3 Å². The molecule has 3 rings (SSSR count). The molecule has 1 heterocycles. The molecular weight excluding hydrogens is 354 g/mol. The van der Waals surface area contributed by atoms with E-state index in [-0.39, 0.29) is 24.9 Å². The minimum absolute atomic E-state index is 0.0450. The Morgan fingerprint density at radius 2 is 1.81 bits per heavy atom. The van der Waals surface area contributed by atoms with E-state index in [1.54, 1.807) is 19.1 Å². The molecule has 26 heavy (non-hydrogen) atoms. The van der Waals surface area contributed by atoms with Crippen molar-refractivity contribution >= 4 is 17.6 Å². The summed E-state index contributed by atoms with van der Waals surface area (Å²) in [6.45, 7) is 4.17. The third kappa shape index (κ3) is 4.24. The molecule has 0 amide bonds. The Morgan fingerprint density at radius 3 is 2.46 bits per heavy atom. The maximum absolute atomic E-state index is 12.2. The first kappa shape index (κ1) is 18.0. The third-order valence-corrected chi connectivity index (χ3v) is 3.90. The average Bonchev–Trinajstić information content (AvgIpc) is 3.06. The molecule has 0 aliphatic carbocycles. The van der Waals surface area contributed by atoms with Crippen LogP contribution < -0.4 is 4.74 Å². The largest absolute Gasteiger partial charge is 0.470 e. The molecule has 0 aliphatic heterocycles. The fourth-order valence-corrected chi connectivity index (χ4v) is 2.41. The Labute approximate surface area is 156 Å². The molecule has 0 spiro atoms. The zero-order chi connectivity index (χ0) is 18.5. The number of esters is 1. The molecule has 0 bridgehead atoms. The van der Waals surface area contributed by atoms with Gasteiger partial charge in [-0.05, 0) is 43.7 Å². The Balaban J connectivity index is 1.87. The third-order valence-electron chi connectivity index (χ3n) is 3.64. The van der Waals surface area contributed by atoms with Crippen molar-refractivity contribution in [1.29, 1.82) is 0 Å². The topological polar surface area (TPSA) is 61.6 Å². The van der Waals surface area contributed by atoms with Gasteiger partial charge in [0.2, 0.25) is 5.89 Å². The summed E-state index contributed by atoms with van der Waals surface area (Å²) in [5.41, 5.74) is 2.76. The summed E-state index contributed by atoms with van der Waals surface area (Å²) in [7, 11) is 0. The van der Waals surface area contributed by atoms with Crippen molar-refractivity contribution < 1.29 is 18.7 Å². The average molecular weight is 372 g/mol. The number of hydrogen-bond acceptors (Lipinski definition) is 5. The number of aryl methyl sites for hydroxylation is 1. The molecule has 0 aliphatic rings. The van der Waals surface area contributed by atoms with E-state index in [2.05, 4.69) is 4.98 Å². The van der Waals surface area contributed by atoms with Crippen LogP contribution in [0.15, 0.2) is 52.9 Å². The lowest BCUT2D eigenvalue weighted by Gasteiger charge is -2.04. The Hall–Kier alpha value is -2.79. The van der Waals surface area contributed by atoms with Crippen LogP contribution >= 0.6 is 11.6 Å². The number of ether oxygens (including phenoxy) is 2. The quantitative estimate of drug-likeness (QED) is 0.567. The number of nitrogens with zero attached hydrogens (tertiary/aromatic N) is 1. The van der Waals surface area contributed by atoms with E-state index in [4.69, 9.17) is 25.5 Å². The minimum atomic E-state index is -0.607. The number of carbonyl (C=O) groups is 1. The molecule has 134 valence electrons. The number of benzene rings is 2. The molecule has 6 heteroatoms. The molecule has 2 aromatic carbocycles. The number of carbonyl (C=O) groups excluding carboxylic acids is 1. The van der Waals surface area contributed by atoms with Crippen LogP contribution in [0.2, 0.25) is 5.02 Å². The van der Waals surface area contributed by atoms with Crippen molar-refractivity contribution in [3.05, 3.63) is 70.4 Å². The second-order valence-electron chi connectivity index (χ2n) is 5.65. The summed E-state index contributed by atoms with van der Waals surface area (Å²) in [5, 5.41) is 0.643. The lowest BCUT2D eigenvalue weighted by molar-refractivity contribution is 0.0484. The lowest BCUT2D eigenvalue weighted by Crippen LogP contribution is -2.06. The minimum Gasteiger partial charge on any atom is -0.470 e. The number of hydrogen-bond donors (Lipinski definition) is 0. The highest BCUT2D eigenvalue weighted by Crippen LogP contribution is 2.28. The number of aromatic nitrogens is 1. The van der Waals surface area contributed by atoms with E-state index >= 15 is 0 Å². The Morgan fingerprint density at radius 1 is 1.12 bits per heavy atom. The van der Waals surface area contributed by atoms with Crippen molar-refractivity contribution in [1.82, 2.24) is 4.98 Å². The van der Waals surface area contributed by atoms with Crippen LogP contribution in [0.3, 0.4) is 0 Å². The van der Waals surface area contributed by atoms with Crippen LogP contribution in [0, 0.1) is 6.92 Å². The zero-order valence-corrected chi connectivity index (χ0v) is 15.2. The summed E-state index contributed by atoms with van der Waals surface area (Å²) in [5.74, 6) is -0.242. The number of halogens is 1. The number of rotatable bonds is 6. The normalized spacial score (nSPS) is 10.6. The monoisotopic (exact) mass is 371 g/mol. The Kier molecular flexibility index (Phi) is 5.58. The fourth-order valence-electron chi connectivity index (χ4n) is 2.28. The van der Waals surface area contributed by atoms with Gasteiger partial charge in [-0.15, -0.1) is 0 Å². The van der Waals surface area contributed by atoms with Gasteiger partial charge in [0, 0.05) is 10.6 Å². The van der Waals surface area contributed by atoms with Gasteiger partial charge in [-0.2, -0.15) is 4.98 Å². The van der Waals surface area contributed by atoms with E-state index in [0.717, 1.165) is 16.7 Å². The summed E-state index contributed by atoms with van der Waals surface area (Å²) in [6, 6.07) is 14.9. The van der Waals surface area contributed by atoms with Crippen LogP contribution in [0.1, 0.15) is 28.6 Å². The second kappa shape index (κ2) is 8.06. The maximum Gasteiger partial charge on any atom is 0.380 e. The number of oxazole rings is 1. The van der Waals surface area contributed by atoms with Gasteiger partial charge < -0.3 is 13.9 Å². The molecular formula is C20H18ClNO4. The maximum atomic E-state index is 12.2.